The molecule has 286 valence electrons. The minimum Gasteiger partial charge on any atom is -0.456 e. The van der Waals surface area contributed by atoms with E-state index >= 15 is 0 Å². The Morgan fingerprint density at radius 3 is 1.57 bits per heavy atom. The molecule has 0 radical (unpaired) electrons. The lowest BCUT2D eigenvalue weighted by Gasteiger charge is -2.14. The molecular formula is C55H38N2O3. The second-order valence-corrected chi connectivity index (χ2v) is 15.2. The first kappa shape index (κ1) is 35.4. The highest BCUT2D eigenvalue weighted by Gasteiger charge is 2.21. The summed E-state index contributed by atoms with van der Waals surface area (Å²) >= 11 is 0. The Labute approximate surface area is 346 Å². The molecule has 0 amide bonds. The number of furan rings is 3. The molecule has 0 N–H and O–H groups in total. The summed E-state index contributed by atoms with van der Waals surface area (Å²) in [5, 5.41) is 6.21. The smallest absolute Gasteiger partial charge is 0.160 e. The molecule has 5 nitrogen and oxygen atoms in total. The molecule has 11 rings (SSSR count). The highest BCUT2D eigenvalue weighted by molar-refractivity contribution is 6.18. The fraction of sp³-hybridized carbons (Fsp3) is 0.0545. The van der Waals surface area contributed by atoms with Crippen molar-refractivity contribution in [2.75, 3.05) is 0 Å². The van der Waals surface area contributed by atoms with E-state index in [4.69, 9.17) is 29.8 Å². The van der Waals surface area contributed by atoms with Crippen LogP contribution in [0.2, 0.25) is 0 Å². The minimum absolute atomic E-state index is 0.582. The average molecular weight is 775 g/mol. The van der Waals surface area contributed by atoms with Gasteiger partial charge in [-0.3, -0.25) is 0 Å². The molecular weight excluding hydrogens is 737 g/mol. The Bertz CT molecular complexity index is 3510. The molecule has 3 aromatic heterocycles. The summed E-state index contributed by atoms with van der Waals surface area (Å²) in [7, 11) is 0. The van der Waals surface area contributed by atoms with Crippen LogP contribution in [0.25, 0.3) is 93.8 Å². The molecule has 0 aliphatic carbocycles. The van der Waals surface area contributed by atoms with E-state index < -0.39 is 0 Å². The van der Waals surface area contributed by atoms with E-state index in [1.807, 2.05) is 54.6 Å². The summed E-state index contributed by atoms with van der Waals surface area (Å²) < 4.78 is 19.1. The number of nitrogens with zero attached hydrogens (tertiary/aromatic N) is 2. The van der Waals surface area contributed by atoms with Crippen molar-refractivity contribution in [3.8, 4) is 22.3 Å². The largest absolute Gasteiger partial charge is 0.456 e. The first-order valence-corrected chi connectivity index (χ1v) is 20.4. The van der Waals surface area contributed by atoms with Gasteiger partial charge in [0.15, 0.2) is 5.84 Å². The zero-order valence-electron chi connectivity index (χ0n) is 33.0. The van der Waals surface area contributed by atoms with Gasteiger partial charge in [-0.2, -0.15) is 0 Å². The maximum atomic E-state index is 6.65. The van der Waals surface area contributed by atoms with Crippen molar-refractivity contribution in [3.05, 3.63) is 199 Å². The molecule has 0 spiro atoms. The third-order valence-corrected chi connectivity index (χ3v) is 11.4. The van der Waals surface area contributed by atoms with Crippen LogP contribution >= 0.6 is 0 Å². The molecule has 0 aliphatic heterocycles. The second kappa shape index (κ2) is 14.6. The van der Waals surface area contributed by atoms with E-state index in [0.717, 1.165) is 123 Å². The first-order chi connectivity index (χ1) is 29.6. The van der Waals surface area contributed by atoms with Gasteiger partial charge in [0.1, 0.15) is 33.5 Å². The number of aliphatic imine (C=N–C) groups is 2. The van der Waals surface area contributed by atoms with Crippen molar-refractivity contribution in [1.82, 2.24) is 0 Å². The van der Waals surface area contributed by atoms with Crippen LogP contribution < -0.4 is 0 Å². The number of rotatable bonds is 8. The Morgan fingerprint density at radius 1 is 0.450 bits per heavy atom. The third kappa shape index (κ3) is 6.11. The van der Waals surface area contributed by atoms with E-state index in [1.54, 1.807) is 0 Å². The zero-order chi connectivity index (χ0) is 40.2. The normalized spacial score (nSPS) is 12.5. The summed E-state index contributed by atoms with van der Waals surface area (Å²) in [4.78, 5) is 10.7. The van der Waals surface area contributed by atoms with Gasteiger partial charge in [0.25, 0.3) is 0 Å². The summed E-state index contributed by atoms with van der Waals surface area (Å²) in [6, 6.07) is 60.3. The number of fused-ring (bicyclic) bond motifs is 9. The van der Waals surface area contributed by atoms with Crippen LogP contribution in [0, 0.1) is 0 Å². The molecule has 0 fully saturated rings. The van der Waals surface area contributed by atoms with Gasteiger partial charge in [-0.05, 0) is 94.9 Å². The summed E-state index contributed by atoms with van der Waals surface area (Å²) in [6.45, 7) is 6.93. The summed E-state index contributed by atoms with van der Waals surface area (Å²) in [6.07, 6.45) is 1.75. The van der Waals surface area contributed by atoms with Gasteiger partial charge in [-0.25, -0.2) is 9.98 Å². The lowest BCUT2D eigenvalue weighted by Crippen LogP contribution is -2.07. The van der Waals surface area contributed by atoms with E-state index in [0.29, 0.717) is 11.5 Å². The lowest BCUT2D eigenvalue weighted by atomic mass is 9.92. The van der Waals surface area contributed by atoms with Gasteiger partial charge in [-0.15, -0.1) is 0 Å². The molecule has 8 aromatic carbocycles. The molecule has 0 aliphatic rings. The molecule has 3 heterocycles. The predicted octanol–water partition coefficient (Wildman–Crippen LogP) is 15.4. The molecule has 0 saturated heterocycles. The van der Waals surface area contributed by atoms with Crippen LogP contribution in [0.3, 0.4) is 0 Å². The minimum atomic E-state index is 0.582. The van der Waals surface area contributed by atoms with Gasteiger partial charge >= 0.3 is 0 Å². The molecule has 11 aromatic rings. The van der Waals surface area contributed by atoms with Crippen LogP contribution in [-0.2, 0) is 0 Å². The molecule has 0 saturated carbocycles. The Morgan fingerprint density at radius 2 is 0.933 bits per heavy atom. The Kier molecular flexibility index (Phi) is 8.59. The van der Waals surface area contributed by atoms with Gasteiger partial charge in [0.2, 0.25) is 0 Å². The van der Waals surface area contributed by atoms with Crippen LogP contribution in [0.1, 0.15) is 36.5 Å². The summed E-state index contributed by atoms with van der Waals surface area (Å²) in [5.41, 5.74) is 13.6. The van der Waals surface area contributed by atoms with Gasteiger partial charge in [-0.1, -0.05) is 135 Å². The average Bonchev–Trinajstić information content (AvgIpc) is 3.99. The standard InChI is InChI=1S/C55H38N2O3/c1-3-14-46(35-15-6-4-7-16-35)57-55(36-17-8-5-9-18-36)56-34(2)53-40(39-25-29-50-44(33-39)42-20-11-13-22-48(42)59-50)26-30-52-54(53)45-32-38(24-28-51(45)60-52)37-23-27-49-43(31-37)41-19-10-12-21-47(41)58-49/h4-13,15-33H,2-3,14H2,1H3/b56-55-,57-46+. The molecule has 0 atom stereocenters. The second-order valence-electron chi connectivity index (χ2n) is 15.2. The van der Waals surface area contributed by atoms with Gasteiger partial charge < -0.3 is 13.3 Å². The third-order valence-electron chi connectivity index (χ3n) is 11.4. The number of para-hydroxylation sites is 2. The van der Waals surface area contributed by atoms with Crippen molar-refractivity contribution in [2.24, 2.45) is 9.98 Å². The molecule has 0 bridgehead atoms. The molecule has 0 unspecified atom stereocenters. The molecule has 5 heteroatoms. The number of benzene rings is 8. The maximum Gasteiger partial charge on any atom is 0.160 e. The monoisotopic (exact) mass is 774 g/mol. The van der Waals surface area contributed by atoms with Crippen LogP contribution in [0.15, 0.2) is 206 Å². The van der Waals surface area contributed by atoms with Gasteiger partial charge in [0.05, 0.1) is 11.4 Å². The highest BCUT2D eigenvalue weighted by Crippen LogP contribution is 2.43. The predicted molar refractivity (Wildman–Crippen MR) is 249 cm³/mol. The SMILES string of the molecule is C=C(/N=C(\N=C(/CCC)c1ccccc1)c1ccccc1)c1c(-c2ccc3oc4ccccc4c3c2)ccc2oc3ccc(-c4ccc5oc6ccccc6c5c4)cc3c12. The zero-order valence-corrected chi connectivity index (χ0v) is 33.0. The van der Waals surface area contributed by atoms with E-state index in [-0.39, 0.29) is 0 Å². The van der Waals surface area contributed by atoms with E-state index in [9.17, 15) is 0 Å². The first-order valence-electron chi connectivity index (χ1n) is 20.4. The number of amidine groups is 1. The number of hydrogen-bond donors (Lipinski definition) is 0. The summed E-state index contributed by atoms with van der Waals surface area (Å²) in [5.74, 6) is 0.598. The van der Waals surface area contributed by atoms with E-state index in [1.165, 1.54) is 0 Å². The topological polar surface area (TPSA) is 64.1 Å². The lowest BCUT2D eigenvalue weighted by molar-refractivity contribution is 0.668. The van der Waals surface area contributed by atoms with Crippen molar-refractivity contribution in [2.45, 2.75) is 19.8 Å². The fourth-order valence-corrected chi connectivity index (χ4v) is 8.57. The van der Waals surface area contributed by atoms with Crippen molar-refractivity contribution in [3.63, 3.8) is 0 Å². The van der Waals surface area contributed by atoms with Gasteiger partial charge in [0, 0.05) is 43.4 Å². The fourth-order valence-electron chi connectivity index (χ4n) is 8.57. The Balaban J connectivity index is 1.15. The van der Waals surface area contributed by atoms with Crippen LogP contribution in [0.4, 0.5) is 0 Å². The maximum absolute atomic E-state index is 6.65. The quantitative estimate of drug-likeness (QED) is 0.114. The van der Waals surface area contributed by atoms with Crippen molar-refractivity contribution >= 4 is 83.1 Å². The van der Waals surface area contributed by atoms with Crippen LogP contribution in [-0.4, -0.2) is 11.5 Å². The van der Waals surface area contributed by atoms with Crippen LogP contribution in [0.5, 0.6) is 0 Å². The number of hydrogen-bond acceptors (Lipinski definition) is 4. The van der Waals surface area contributed by atoms with Crippen molar-refractivity contribution < 1.29 is 13.3 Å². The van der Waals surface area contributed by atoms with Crippen molar-refractivity contribution in [1.29, 1.82) is 0 Å². The Hall–Kier alpha value is -7.76. The highest BCUT2D eigenvalue weighted by atomic mass is 16.3. The van der Waals surface area contributed by atoms with E-state index in [2.05, 4.69) is 128 Å². The molecule has 60 heavy (non-hydrogen) atoms.